The topological polar surface area (TPSA) is 80.3 Å². The van der Waals surface area contributed by atoms with Crippen LogP contribution in [0.5, 0.6) is 11.5 Å². The molecule has 0 unspecified atom stereocenters. The van der Waals surface area contributed by atoms with Gasteiger partial charge in [-0.05, 0) is 41.3 Å². The Bertz CT molecular complexity index is 1200. The van der Waals surface area contributed by atoms with E-state index in [9.17, 15) is 9.90 Å². The summed E-state index contributed by atoms with van der Waals surface area (Å²) in [5.74, 6) is 0.707. The van der Waals surface area contributed by atoms with Crippen molar-refractivity contribution in [2.75, 3.05) is 47.1 Å². The van der Waals surface area contributed by atoms with Gasteiger partial charge in [-0.15, -0.1) is 0 Å². The van der Waals surface area contributed by atoms with Crippen LogP contribution in [0.25, 0.3) is 11.1 Å². The molecule has 0 aliphatic carbocycles. The van der Waals surface area contributed by atoms with E-state index in [4.69, 9.17) is 14.2 Å². The van der Waals surface area contributed by atoms with E-state index in [1.165, 1.54) is 0 Å². The second-order valence-corrected chi connectivity index (χ2v) is 9.91. The highest BCUT2D eigenvalue weighted by Crippen LogP contribution is 2.35. The highest BCUT2D eigenvalue weighted by molar-refractivity contribution is 5.81. The number of aliphatic hydroxyl groups is 1. The van der Waals surface area contributed by atoms with E-state index < -0.39 is 12.0 Å². The number of methoxy groups -OCH3 is 2. The second-order valence-electron chi connectivity index (χ2n) is 9.91. The van der Waals surface area contributed by atoms with Crippen molar-refractivity contribution < 1.29 is 24.1 Å². The van der Waals surface area contributed by atoms with Crippen molar-refractivity contribution in [3.05, 3.63) is 83.9 Å². The zero-order valence-electron chi connectivity index (χ0n) is 23.1. The van der Waals surface area contributed by atoms with Gasteiger partial charge in [0.05, 0.1) is 25.7 Å². The van der Waals surface area contributed by atoms with Crippen LogP contribution in [0.4, 0.5) is 0 Å². The number of nitrogens with one attached hydrogen (secondary N) is 1. The molecule has 1 heterocycles. The van der Waals surface area contributed by atoms with Crippen molar-refractivity contribution in [3.8, 4) is 22.6 Å². The fourth-order valence-electron chi connectivity index (χ4n) is 5.28. The molecular weight excluding hydrogens is 492 g/mol. The maximum atomic E-state index is 14.0. The molecule has 1 aliphatic rings. The van der Waals surface area contributed by atoms with Crippen molar-refractivity contribution in [2.24, 2.45) is 5.92 Å². The van der Waals surface area contributed by atoms with E-state index in [1.54, 1.807) is 14.2 Å². The van der Waals surface area contributed by atoms with Gasteiger partial charge in [0.25, 0.3) is 0 Å². The number of amides is 1. The second kappa shape index (κ2) is 14.1. The number of benzene rings is 3. The van der Waals surface area contributed by atoms with E-state index in [2.05, 4.69) is 29.6 Å². The van der Waals surface area contributed by atoms with Gasteiger partial charge in [-0.1, -0.05) is 54.6 Å². The number of hydrogen-bond donors (Lipinski definition) is 2. The van der Waals surface area contributed by atoms with Crippen LogP contribution in [0.3, 0.4) is 0 Å². The van der Waals surface area contributed by atoms with Crippen LogP contribution in [0.2, 0.25) is 0 Å². The average Bonchev–Trinajstić information content (AvgIpc) is 2.98. The van der Waals surface area contributed by atoms with Gasteiger partial charge in [-0.25, -0.2) is 0 Å². The first-order valence-electron chi connectivity index (χ1n) is 13.7. The van der Waals surface area contributed by atoms with Crippen LogP contribution in [-0.2, 0) is 16.1 Å². The molecule has 3 atom stereocenters. The number of piperidine rings is 1. The summed E-state index contributed by atoms with van der Waals surface area (Å²) in [6.07, 6.45) is 0.119. The minimum atomic E-state index is -0.665. The molecule has 0 bridgehead atoms. The minimum Gasteiger partial charge on any atom is -0.497 e. The molecule has 4 rings (SSSR count). The first-order valence-corrected chi connectivity index (χ1v) is 13.7. The smallest absolute Gasteiger partial charge is 0.227 e. The Kier molecular flexibility index (Phi) is 10.4. The van der Waals surface area contributed by atoms with Crippen molar-refractivity contribution in [1.82, 2.24) is 10.2 Å². The lowest BCUT2D eigenvalue weighted by atomic mass is 9.78. The summed E-state index contributed by atoms with van der Waals surface area (Å²) < 4.78 is 16.5. The summed E-state index contributed by atoms with van der Waals surface area (Å²) >= 11 is 0. The molecule has 39 heavy (non-hydrogen) atoms. The normalized spacial score (nSPS) is 18.9. The Hall–Kier alpha value is -3.39. The summed E-state index contributed by atoms with van der Waals surface area (Å²) in [6, 6.07) is 24.1. The SMILES string of the molecule is CCN(Cc1cc(OC)cc(OCCCOC)c1)C(=O)[C@H]1CNC[C@@H](O)[C@@H]1c1cccc(-c2ccccc2)c1. The molecule has 2 N–H and O–H groups in total. The molecule has 3 aromatic carbocycles. The maximum Gasteiger partial charge on any atom is 0.227 e. The molecule has 0 saturated carbocycles. The molecule has 7 heteroatoms. The number of rotatable bonds is 12. The van der Waals surface area contributed by atoms with Gasteiger partial charge in [0.15, 0.2) is 0 Å². The molecule has 1 saturated heterocycles. The fraction of sp³-hybridized carbons (Fsp3) is 0.406. The van der Waals surface area contributed by atoms with Crippen molar-refractivity contribution >= 4 is 5.91 Å². The summed E-state index contributed by atoms with van der Waals surface area (Å²) in [4.78, 5) is 15.8. The lowest BCUT2D eigenvalue weighted by molar-refractivity contribution is -0.138. The van der Waals surface area contributed by atoms with Gasteiger partial charge in [0.2, 0.25) is 5.91 Å². The molecule has 1 aliphatic heterocycles. The van der Waals surface area contributed by atoms with Gasteiger partial charge >= 0.3 is 0 Å². The third-order valence-corrected chi connectivity index (χ3v) is 7.27. The molecule has 1 amide bonds. The number of carbonyl (C=O) groups is 1. The quantitative estimate of drug-likeness (QED) is 0.335. The third-order valence-electron chi connectivity index (χ3n) is 7.27. The first kappa shape index (κ1) is 28.6. The molecule has 1 fully saturated rings. The fourth-order valence-corrected chi connectivity index (χ4v) is 5.28. The Morgan fingerprint density at radius 3 is 2.46 bits per heavy atom. The van der Waals surface area contributed by atoms with Crippen LogP contribution in [-0.4, -0.2) is 69.1 Å². The molecule has 0 aromatic heterocycles. The monoisotopic (exact) mass is 532 g/mol. The van der Waals surface area contributed by atoms with Crippen molar-refractivity contribution in [3.63, 3.8) is 0 Å². The third kappa shape index (κ3) is 7.38. The molecule has 0 radical (unpaired) electrons. The van der Waals surface area contributed by atoms with Gasteiger partial charge in [-0.2, -0.15) is 0 Å². The number of nitrogens with zero attached hydrogens (tertiary/aromatic N) is 1. The van der Waals surface area contributed by atoms with Gasteiger partial charge in [-0.3, -0.25) is 4.79 Å². The minimum absolute atomic E-state index is 0.0178. The summed E-state index contributed by atoms with van der Waals surface area (Å²) in [5.41, 5.74) is 4.09. The number of ether oxygens (including phenoxy) is 3. The molecule has 0 spiro atoms. The number of aliphatic hydroxyl groups excluding tert-OH is 1. The van der Waals surface area contributed by atoms with Crippen LogP contribution < -0.4 is 14.8 Å². The van der Waals surface area contributed by atoms with Gasteiger partial charge in [0, 0.05) is 58.3 Å². The van der Waals surface area contributed by atoms with Crippen LogP contribution in [0.1, 0.15) is 30.4 Å². The van der Waals surface area contributed by atoms with E-state index in [0.717, 1.165) is 28.7 Å². The van der Waals surface area contributed by atoms with Crippen molar-refractivity contribution in [1.29, 1.82) is 0 Å². The van der Waals surface area contributed by atoms with Crippen LogP contribution >= 0.6 is 0 Å². The summed E-state index contributed by atoms with van der Waals surface area (Å²) in [5, 5.41) is 14.4. The van der Waals surface area contributed by atoms with Crippen LogP contribution in [0, 0.1) is 5.92 Å². The largest absolute Gasteiger partial charge is 0.497 e. The van der Waals surface area contributed by atoms with E-state index in [1.807, 2.05) is 60.4 Å². The maximum absolute atomic E-state index is 14.0. The molecule has 3 aromatic rings. The number of β-amino-alcohol motifs (C(OH)–C–C–N with tert-alkyl or cyclic N) is 1. The Morgan fingerprint density at radius 2 is 1.72 bits per heavy atom. The van der Waals surface area contributed by atoms with E-state index >= 15 is 0 Å². The highest BCUT2D eigenvalue weighted by atomic mass is 16.5. The Morgan fingerprint density at radius 1 is 0.949 bits per heavy atom. The van der Waals surface area contributed by atoms with E-state index in [-0.39, 0.29) is 11.8 Å². The Balaban J connectivity index is 1.55. The Labute approximate surface area is 231 Å². The number of carbonyl (C=O) groups excluding carboxylic acids is 1. The van der Waals surface area contributed by atoms with Gasteiger partial charge < -0.3 is 29.5 Å². The number of hydrogen-bond acceptors (Lipinski definition) is 6. The average molecular weight is 533 g/mol. The first-order chi connectivity index (χ1) is 19.0. The zero-order chi connectivity index (χ0) is 27.6. The standard InChI is InChI=1S/C32H40N2O5/c1-4-34(22-23-16-27(38-3)19-28(17-23)39-15-9-14-37-2)32(36)29-20-33-21-30(35)31(29)26-13-8-12-25(18-26)24-10-6-5-7-11-24/h5-8,10-13,16-19,29-31,33,35H,4,9,14-15,20-22H2,1-3H3/t29-,30+,31+/m0/s1. The molecule has 7 nitrogen and oxygen atoms in total. The predicted octanol–water partition coefficient (Wildman–Crippen LogP) is 4.49. The molecule has 208 valence electrons. The lowest BCUT2D eigenvalue weighted by Gasteiger charge is -2.38. The van der Waals surface area contributed by atoms with E-state index in [0.29, 0.717) is 50.9 Å². The van der Waals surface area contributed by atoms with Crippen LogP contribution in [0.15, 0.2) is 72.8 Å². The molecular formula is C32H40N2O5. The predicted molar refractivity (Wildman–Crippen MR) is 153 cm³/mol. The highest BCUT2D eigenvalue weighted by Gasteiger charge is 2.39. The summed E-state index contributed by atoms with van der Waals surface area (Å²) in [7, 11) is 3.30. The van der Waals surface area contributed by atoms with Gasteiger partial charge in [0.1, 0.15) is 11.5 Å². The lowest BCUT2D eigenvalue weighted by Crippen LogP contribution is -2.51. The zero-order valence-corrected chi connectivity index (χ0v) is 23.1. The summed E-state index contributed by atoms with van der Waals surface area (Å²) in [6.45, 7) is 5.08. The van der Waals surface area contributed by atoms with Crippen molar-refractivity contribution in [2.45, 2.75) is 31.9 Å².